The molecular formula is C45H86NO2+. The van der Waals surface area contributed by atoms with E-state index in [1.54, 1.807) is 0 Å². The fourth-order valence-corrected chi connectivity index (χ4v) is 6.81. The van der Waals surface area contributed by atoms with Gasteiger partial charge in [0.25, 0.3) is 0 Å². The van der Waals surface area contributed by atoms with Crippen LogP contribution < -0.4 is 9.47 Å². The van der Waals surface area contributed by atoms with Gasteiger partial charge in [0.15, 0.2) is 11.5 Å². The maximum Gasteiger partial charge on any atom is 0.161 e. The van der Waals surface area contributed by atoms with Crippen LogP contribution in [-0.2, 0) is 6.42 Å². The van der Waals surface area contributed by atoms with Gasteiger partial charge < -0.3 is 14.0 Å². The molecule has 0 saturated heterocycles. The minimum absolute atomic E-state index is 0.802. The SMILES string of the molecule is CCCCCCCCCCCCCCCCOc1ccc(CCCC[N+](C)(C)C)cc1OCCCCCCCCCCCCCCCC. The number of unbranched alkanes of at least 4 members (excludes halogenated alkanes) is 27. The topological polar surface area (TPSA) is 18.5 Å². The summed E-state index contributed by atoms with van der Waals surface area (Å²) in [5, 5.41) is 0. The van der Waals surface area contributed by atoms with Crippen molar-refractivity contribution < 1.29 is 14.0 Å². The summed E-state index contributed by atoms with van der Waals surface area (Å²) in [5.41, 5.74) is 1.39. The van der Waals surface area contributed by atoms with Gasteiger partial charge in [-0.15, -0.1) is 0 Å². The third-order valence-corrected chi connectivity index (χ3v) is 10.1. The van der Waals surface area contributed by atoms with Gasteiger partial charge in [0.05, 0.1) is 40.9 Å². The highest BCUT2D eigenvalue weighted by Crippen LogP contribution is 2.30. The van der Waals surface area contributed by atoms with Crippen molar-refractivity contribution in [1.82, 2.24) is 0 Å². The molecule has 0 bridgehead atoms. The fraction of sp³-hybridized carbons (Fsp3) is 0.867. The summed E-state index contributed by atoms with van der Waals surface area (Å²) < 4.78 is 13.8. The molecule has 3 nitrogen and oxygen atoms in total. The second-order valence-electron chi connectivity index (χ2n) is 16.1. The van der Waals surface area contributed by atoms with Crippen molar-refractivity contribution in [2.75, 3.05) is 40.9 Å². The van der Waals surface area contributed by atoms with E-state index in [1.165, 1.54) is 192 Å². The van der Waals surface area contributed by atoms with Gasteiger partial charge in [-0.1, -0.05) is 187 Å². The third-order valence-electron chi connectivity index (χ3n) is 10.1. The second kappa shape index (κ2) is 33.0. The quantitative estimate of drug-likeness (QED) is 0.0517. The second-order valence-corrected chi connectivity index (χ2v) is 16.1. The predicted octanol–water partition coefficient (Wildman–Crippen LogP) is 14.4. The van der Waals surface area contributed by atoms with E-state index in [4.69, 9.17) is 9.47 Å². The lowest BCUT2D eigenvalue weighted by atomic mass is 10.0. The van der Waals surface area contributed by atoms with Crippen LogP contribution in [0.2, 0.25) is 0 Å². The van der Waals surface area contributed by atoms with E-state index in [1.807, 2.05) is 0 Å². The normalized spacial score (nSPS) is 11.8. The molecule has 0 fully saturated rings. The number of quaternary nitrogens is 1. The number of hydrogen-bond acceptors (Lipinski definition) is 2. The molecule has 0 aromatic heterocycles. The lowest BCUT2D eigenvalue weighted by Crippen LogP contribution is -2.35. The zero-order chi connectivity index (χ0) is 34.8. The number of rotatable bonds is 37. The lowest BCUT2D eigenvalue weighted by molar-refractivity contribution is -0.870. The van der Waals surface area contributed by atoms with Crippen LogP contribution in [0.5, 0.6) is 11.5 Å². The minimum atomic E-state index is 0.802. The average Bonchev–Trinajstić information content (AvgIpc) is 3.07. The first-order chi connectivity index (χ1) is 23.5. The summed E-state index contributed by atoms with van der Waals surface area (Å²) in [5.74, 6) is 1.92. The van der Waals surface area contributed by atoms with Gasteiger partial charge in [-0.25, -0.2) is 0 Å². The van der Waals surface area contributed by atoms with E-state index < -0.39 is 0 Å². The average molecular weight is 673 g/mol. The standard InChI is InChI=1S/C45H86NO2/c1-6-8-10-12-14-16-18-20-22-24-26-28-30-34-40-47-44-38-37-43(36-32-33-39-46(3,4)5)42-45(44)48-41-35-31-29-27-25-23-21-19-17-15-13-11-9-7-2/h37-38,42H,6-36,39-41H2,1-5H3/q+1. The Labute approximate surface area is 302 Å². The fourth-order valence-electron chi connectivity index (χ4n) is 6.81. The van der Waals surface area contributed by atoms with Gasteiger partial charge in [-0.3, -0.25) is 0 Å². The molecule has 282 valence electrons. The highest BCUT2D eigenvalue weighted by molar-refractivity contribution is 5.43. The molecule has 0 spiro atoms. The summed E-state index contributed by atoms with van der Waals surface area (Å²) in [7, 11) is 6.86. The number of hydrogen-bond donors (Lipinski definition) is 0. The molecule has 0 aliphatic rings. The van der Waals surface area contributed by atoms with Gasteiger partial charge in [-0.2, -0.15) is 0 Å². The summed E-state index contributed by atoms with van der Waals surface area (Å²) in [6.07, 6.45) is 42.4. The van der Waals surface area contributed by atoms with Crippen LogP contribution in [0.25, 0.3) is 0 Å². The Hall–Kier alpha value is -1.22. The molecule has 0 saturated carbocycles. The smallest absolute Gasteiger partial charge is 0.161 e. The van der Waals surface area contributed by atoms with Crippen molar-refractivity contribution in [3.63, 3.8) is 0 Å². The first-order valence-electron chi connectivity index (χ1n) is 21.6. The monoisotopic (exact) mass is 673 g/mol. The van der Waals surface area contributed by atoms with Crippen LogP contribution in [0.3, 0.4) is 0 Å². The molecule has 1 aromatic rings. The maximum absolute atomic E-state index is 6.39. The zero-order valence-electron chi connectivity index (χ0n) is 33.5. The van der Waals surface area contributed by atoms with Crippen molar-refractivity contribution in [2.45, 2.75) is 213 Å². The van der Waals surface area contributed by atoms with Gasteiger partial charge in [-0.05, 0) is 49.8 Å². The third kappa shape index (κ3) is 29.7. The molecule has 1 aromatic carbocycles. The van der Waals surface area contributed by atoms with E-state index in [-0.39, 0.29) is 0 Å². The highest BCUT2D eigenvalue weighted by atomic mass is 16.5. The predicted molar refractivity (Wildman–Crippen MR) is 214 cm³/mol. The van der Waals surface area contributed by atoms with Crippen LogP contribution in [0.1, 0.15) is 212 Å². The van der Waals surface area contributed by atoms with Crippen molar-refractivity contribution in [3.05, 3.63) is 23.8 Å². The van der Waals surface area contributed by atoms with Crippen LogP contribution in [0, 0.1) is 0 Å². The zero-order valence-corrected chi connectivity index (χ0v) is 33.5. The maximum atomic E-state index is 6.39. The Morgan fingerprint density at radius 1 is 0.396 bits per heavy atom. The number of benzene rings is 1. The largest absolute Gasteiger partial charge is 0.490 e. The number of aryl methyl sites for hydroxylation is 1. The summed E-state index contributed by atoms with van der Waals surface area (Å²) >= 11 is 0. The van der Waals surface area contributed by atoms with E-state index in [2.05, 4.69) is 53.2 Å². The molecule has 0 atom stereocenters. The molecule has 0 aliphatic carbocycles. The Morgan fingerprint density at radius 3 is 1.12 bits per heavy atom. The van der Waals surface area contributed by atoms with E-state index in [0.717, 1.165) is 48.5 Å². The minimum Gasteiger partial charge on any atom is -0.490 e. The molecule has 0 heterocycles. The molecule has 0 N–H and O–H groups in total. The Bertz CT molecular complexity index is 801. The van der Waals surface area contributed by atoms with E-state index in [0.29, 0.717) is 0 Å². The number of nitrogens with zero attached hydrogens (tertiary/aromatic N) is 1. The molecule has 0 radical (unpaired) electrons. The van der Waals surface area contributed by atoms with E-state index in [9.17, 15) is 0 Å². The first kappa shape index (κ1) is 44.8. The summed E-state index contributed by atoms with van der Waals surface area (Å²) in [4.78, 5) is 0. The molecule has 1 rings (SSSR count). The van der Waals surface area contributed by atoms with Gasteiger partial charge in [0, 0.05) is 0 Å². The molecule has 0 amide bonds. The lowest BCUT2D eigenvalue weighted by Gasteiger charge is -2.23. The van der Waals surface area contributed by atoms with Crippen LogP contribution >= 0.6 is 0 Å². The molecule has 3 heteroatoms. The first-order valence-corrected chi connectivity index (χ1v) is 21.6. The van der Waals surface area contributed by atoms with Gasteiger partial charge >= 0.3 is 0 Å². The van der Waals surface area contributed by atoms with E-state index >= 15 is 0 Å². The van der Waals surface area contributed by atoms with Crippen molar-refractivity contribution in [3.8, 4) is 11.5 Å². The Morgan fingerprint density at radius 2 is 0.750 bits per heavy atom. The van der Waals surface area contributed by atoms with Crippen LogP contribution in [0.15, 0.2) is 18.2 Å². The Balaban J connectivity index is 2.25. The summed E-state index contributed by atoms with van der Waals surface area (Å²) in [6.45, 7) is 7.43. The van der Waals surface area contributed by atoms with Gasteiger partial charge in [0.2, 0.25) is 0 Å². The Kier molecular flexibility index (Phi) is 30.8. The molecule has 0 aliphatic heterocycles. The highest BCUT2D eigenvalue weighted by Gasteiger charge is 2.10. The van der Waals surface area contributed by atoms with Crippen LogP contribution in [-0.4, -0.2) is 45.4 Å². The molecule has 0 unspecified atom stereocenters. The van der Waals surface area contributed by atoms with Crippen LogP contribution in [0.4, 0.5) is 0 Å². The van der Waals surface area contributed by atoms with Crippen molar-refractivity contribution in [2.24, 2.45) is 0 Å². The van der Waals surface area contributed by atoms with Gasteiger partial charge in [0.1, 0.15) is 0 Å². The number of ether oxygens (including phenoxy) is 2. The summed E-state index contributed by atoms with van der Waals surface area (Å²) in [6, 6.07) is 6.72. The van der Waals surface area contributed by atoms with Crippen molar-refractivity contribution >= 4 is 0 Å². The molecule has 48 heavy (non-hydrogen) atoms. The van der Waals surface area contributed by atoms with Crippen molar-refractivity contribution in [1.29, 1.82) is 0 Å². The molecular weight excluding hydrogens is 587 g/mol.